The van der Waals surface area contributed by atoms with Crippen LogP contribution in [0.5, 0.6) is 5.75 Å². The third-order valence-corrected chi connectivity index (χ3v) is 7.08. The number of aromatic hydroxyl groups is 1. The summed E-state index contributed by atoms with van der Waals surface area (Å²) in [6.45, 7) is 4.29. The van der Waals surface area contributed by atoms with Crippen molar-refractivity contribution in [3.63, 3.8) is 0 Å². The molecule has 0 radical (unpaired) electrons. The molecule has 0 bridgehead atoms. The van der Waals surface area contributed by atoms with Crippen LogP contribution in [0, 0.1) is 5.92 Å². The molecule has 5 unspecified atom stereocenters. The predicted molar refractivity (Wildman–Crippen MR) is 146 cm³/mol. The number of hydrogen-bond acceptors (Lipinski definition) is 6. The van der Waals surface area contributed by atoms with E-state index in [1.807, 2.05) is 37.3 Å². The summed E-state index contributed by atoms with van der Waals surface area (Å²) in [7, 11) is 0. The van der Waals surface area contributed by atoms with Gasteiger partial charge in [-0.25, -0.2) is 4.79 Å². The maximum Gasteiger partial charge on any atom is 0.326 e. The fourth-order valence-corrected chi connectivity index (χ4v) is 4.53. The van der Waals surface area contributed by atoms with Crippen LogP contribution in [-0.4, -0.2) is 64.6 Å². The molecule has 2 aromatic carbocycles. The van der Waals surface area contributed by atoms with E-state index in [9.17, 15) is 29.4 Å². The van der Waals surface area contributed by atoms with Crippen molar-refractivity contribution in [3.05, 3.63) is 65.7 Å². The molecule has 0 spiro atoms. The van der Waals surface area contributed by atoms with Gasteiger partial charge in [-0.3, -0.25) is 14.4 Å². The van der Waals surface area contributed by atoms with Crippen LogP contribution >= 0.6 is 0 Å². The number of carboxylic acid groups (broad SMARTS) is 1. The van der Waals surface area contributed by atoms with E-state index < -0.39 is 35.9 Å². The highest BCUT2D eigenvalue weighted by atomic mass is 16.4. The Balaban J connectivity index is 1.83. The Bertz CT molecular complexity index is 1120. The molecule has 1 heterocycles. The fourth-order valence-electron chi connectivity index (χ4n) is 4.53. The van der Waals surface area contributed by atoms with Crippen LogP contribution in [0.25, 0.3) is 0 Å². The van der Waals surface area contributed by atoms with Crippen LogP contribution in [0.3, 0.4) is 0 Å². The van der Waals surface area contributed by atoms with Gasteiger partial charge in [0.25, 0.3) is 0 Å². The topological polar surface area (TPSA) is 157 Å². The molecule has 1 aliphatic heterocycles. The smallest absolute Gasteiger partial charge is 0.326 e. The van der Waals surface area contributed by atoms with Gasteiger partial charge in [-0.15, -0.1) is 0 Å². The summed E-state index contributed by atoms with van der Waals surface area (Å²) >= 11 is 0. The monoisotopic (exact) mass is 538 g/mol. The molecular formula is C29H38N4O6. The van der Waals surface area contributed by atoms with Crippen LogP contribution in [0.2, 0.25) is 0 Å². The first-order chi connectivity index (χ1) is 18.7. The number of rotatable bonds is 13. The zero-order valence-electron chi connectivity index (χ0n) is 22.4. The molecule has 10 heteroatoms. The van der Waals surface area contributed by atoms with Crippen molar-refractivity contribution in [1.82, 2.24) is 21.3 Å². The van der Waals surface area contributed by atoms with Gasteiger partial charge in [-0.05, 0) is 48.6 Å². The third-order valence-electron chi connectivity index (χ3n) is 7.08. The lowest BCUT2D eigenvalue weighted by Gasteiger charge is -2.27. The maximum absolute atomic E-state index is 13.6. The highest BCUT2D eigenvalue weighted by Crippen LogP contribution is 2.14. The normalized spacial score (nSPS) is 17.8. The number of hydrogen-bond donors (Lipinski definition) is 6. The van der Waals surface area contributed by atoms with Gasteiger partial charge in [0, 0.05) is 12.8 Å². The van der Waals surface area contributed by atoms with E-state index in [-0.39, 0.29) is 36.5 Å². The lowest BCUT2D eigenvalue weighted by Crippen LogP contribution is -2.58. The second kappa shape index (κ2) is 14.3. The minimum Gasteiger partial charge on any atom is -0.508 e. The molecule has 1 fully saturated rings. The van der Waals surface area contributed by atoms with E-state index in [2.05, 4.69) is 21.3 Å². The molecule has 10 nitrogen and oxygen atoms in total. The third kappa shape index (κ3) is 8.81. The molecule has 6 N–H and O–H groups in total. The quantitative estimate of drug-likeness (QED) is 0.226. The molecule has 5 atom stereocenters. The number of phenols is 1. The van der Waals surface area contributed by atoms with Gasteiger partial charge in [0.2, 0.25) is 17.7 Å². The summed E-state index contributed by atoms with van der Waals surface area (Å²) in [5.74, 6) is -2.93. The fraction of sp³-hybridized carbons (Fsp3) is 0.448. The molecule has 210 valence electrons. The number of amides is 3. The first kappa shape index (κ1) is 29.6. The van der Waals surface area contributed by atoms with Crippen molar-refractivity contribution < 1.29 is 29.4 Å². The number of carboxylic acids is 1. The summed E-state index contributed by atoms with van der Waals surface area (Å²) in [5, 5.41) is 30.6. The predicted octanol–water partition coefficient (Wildman–Crippen LogP) is 1.51. The zero-order chi connectivity index (χ0) is 28.4. The van der Waals surface area contributed by atoms with Gasteiger partial charge in [-0.2, -0.15) is 0 Å². The number of nitrogens with one attached hydrogen (secondary N) is 4. The Morgan fingerprint density at radius 1 is 0.897 bits per heavy atom. The standard InChI is InChI=1S/C29H38N4O6/c1-3-18(2)25(29(38)39)33-28(37)24(17-20-11-13-21(34)14-12-20)32-27(36)23(16-19-8-5-4-6-9-19)31-26(35)22-10-7-15-30-22/h4-6,8-9,11-14,18,22-25,30,34H,3,7,10,15-17H2,1-2H3,(H,31,35)(H,32,36)(H,33,37)(H,38,39). The minimum absolute atomic E-state index is 0.0534. The first-order valence-corrected chi connectivity index (χ1v) is 13.4. The lowest BCUT2D eigenvalue weighted by atomic mass is 9.97. The summed E-state index contributed by atoms with van der Waals surface area (Å²) in [4.78, 5) is 51.7. The van der Waals surface area contributed by atoms with Gasteiger partial charge in [0.05, 0.1) is 6.04 Å². The summed E-state index contributed by atoms with van der Waals surface area (Å²) in [6, 6.07) is 11.8. The average Bonchev–Trinajstić information content (AvgIpc) is 3.47. The van der Waals surface area contributed by atoms with Crippen LogP contribution in [0.4, 0.5) is 0 Å². The number of carbonyl (C=O) groups is 4. The molecule has 3 rings (SSSR count). The van der Waals surface area contributed by atoms with Crippen LogP contribution in [0.1, 0.15) is 44.2 Å². The Labute approximate surface area is 228 Å². The number of carbonyl (C=O) groups excluding carboxylic acids is 3. The summed E-state index contributed by atoms with van der Waals surface area (Å²) < 4.78 is 0. The molecule has 0 aliphatic carbocycles. The van der Waals surface area contributed by atoms with E-state index in [0.717, 1.165) is 18.5 Å². The number of phenolic OH excluding ortho intramolecular Hbond substituents is 1. The summed E-state index contributed by atoms with van der Waals surface area (Å²) in [5.41, 5.74) is 1.49. The van der Waals surface area contributed by atoms with Gasteiger partial charge >= 0.3 is 5.97 Å². The van der Waals surface area contributed by atoms with E-state index in [1.165, 1.54) is 12.1 Å². The van der Waals surface area contributed by atoms with Crippen molar-refractivity contribution in [1.29, 1.82) is 0 Å². The largest absolute Gasteiger partial charge is 0.508 e. The van der Waals surface area contributed by atoms with Crippen molar-refractivity contribution in [2.24, 2.45) is 5.92 Å². The van der Waals surface area contributed by atoms with E-state index in [4.69, 9.17) is 0 Å². The molecule has 0 saturated carbocycles. The molecule has 1 saturated heterocycles. The van der Waals surface area contributed by atoms with Gasteiger partial charge in [0.15, 0.2) is 0 Å². The molecule has 3 amide bonds. The Morgan fingerprint density at radius 3 is 2.05 bits per heavy atom. The van der Waals surface area contributed by atoms with Gasteiger partial charge < -0.3 is 31.5 Å². The van der Waals surface area contributed by atoms with E-state index >= 15 is 0 Å². The Kier molecular flexibility index (Phi) is 10.9. The van der Waals surface area contributed by atoms with E-state index in [1.54, 1.807) is 19.1 Å². The van der Waals surface area contributed by atoms with Crippen molar-refractivity contribution in [3.8, 4) is 5.75 Å². The van der Waals surface area contributed by atoms with Crippen molar-refractivity contribution in [2.75, 3.05) is 6.54 Å². The van der Waals surface area contributed by atoms with Gasteiger partial charge in [0.1, 0.15) is 23.9 Å². The Hall–Kier alpha value is -3.92. The highest BCUT2D eigenvalue weighted by Gasteiger charge is 2.33. The second-order valence-corrected chi connectivity index (χ2v) is 10.0. The first-order valence-electron chi connectivity index (χ1n) is 13.4. The lowest BCUT2D eigenvalue weighted by molar-refractivity contribution is -0.143. The van der Waals surface area contributed by atoms with Crippen molar-refractivity contribution in [2.45, 2.75) is 70.1 Å². The van der Waals surface area contributed by atoms with Crippen molar-refractivity contribution >= 4 is 23.7 Å². The Morgan fingerprint density at radius 2 is 1.49 bits per heavy atom. The minimum atomic E-state index is -1.16. The van der Waals surface area contributed by atoms with Crippen LogP contribution < -0.4 is 21.3 Å². The molecule has 0 aromatic heterocycles. The van der Waals surface area contributed by atoms with Crippen LogP contribution in [-0.2, 0) is 32.0 Å². The SMILES string of the molecule is CCC(C)C(NC(=O)C(Cc1ccc(O)cc1)NC(=O)C(Cc1ccccc1)NC(=O)C1CCCN1)C(=O)O. The molecular weight excluding hydrogens is 500 g/mol. The van der Waals surface area contributed by atoms with E-state index in [0.29, 0.717) is 18.4 Å². The highest BCUT2D eigenvalue weighted by molar-refractivity contribution is 5.94. The summed E-state index contributed by atoms with van der Waals surface area (Å²) in [6.07, 6.45) is 2.34. The average molecular weight is 539 g/mol. The molecule has 1 aliphatic rings. The number of aliphatic carboxylic acids is 1. The number of benzene rings is 2. The maximum atomic E-state index is 13.6. The molecule has 39 heavy (non-hydrogen) atoms. The second-order valence-electron chi connectivity index (χ2n) is 10.0. The zero-order valence-corrected chi connectivity index (χ0v) is 22.4. The van der Waals surface area contributed by atoms with Gasteiger partial charge in [-0.1, -0.05) is 62.7 Å². The molecule has 2 aromatic rings. The van der Waals surface area contributed by atoms with Crippen LogP contribution in [0.15, 0.2) is 54.6 Å².